The molecular formula is C24H20O2. The van der Waals surface area contributed by atoms with Crippen molar-refractivity contribution in [2.24, 2.45) is 0 Å². The monoisotopic (exact) mass is 340 g/mol. The van der Waals surface area contributed by atoms with Gasteiger partial charge in [-0.05, 0) is 39.8 Å². The van der Waals surface area contributed by atoms with Gasteiger partial charge in [-0.1, -0.05) is 72.8 Å². The molecule has 0 amide bonds. The van der Waals surface area contributed by atoms with Crippen molar-refractivity contribution in [1.82, 2.24) is 0 Å². The third kappa shape index (κ3) is 1.90. The number of esters is 1. The van der Waals surface area contributed by atoms with Crippen LogP contribution in [0.3, 0.4) is 0 Å². The fourth-order valence-corrected chi connectivity index (χ4v) is 5.10. The highest BCUT2D eigenvalue weighted by Crippen LogP contribution is 2.60. The Balaban J connectivity index is 1.81. The van der Waals surface area contributed by atoms with Crippen molar-refractivity contribution in [1.29, 1.82) is 0 Å². The third-order valence-electron chi connectivity index (χ3n) is 5.98. The largest absolute Gasteiger partial charge is 0.466 e. The molecule has 0 atom stereocenters. The molecule has 0 unspecified atom stereocenters. The lowest BCUT2D eigenvalue weighted by atomic mass is 9.52. The van der Waals surface area contributed by atoms with Crippen LogP contribution in [0, 0.1) is 0 Å². The van der Waals surface area contributed by atoms with E-state index in [2.05, 4.69) is 72.8 Å². The second-order valence-electron chi connectivity index (χ2n) is 7.19. The summed E-state index contributed by atoms with van der Waals surface area (Å²) in [7, 11) is 0. The highest BCUT2D eigenvalue weighted by Gasteiger charge is 2.51. The molecule has 0 radical (unpaired) electrons. The van der Waals surface area contributed by atoms with E-state index >= 15 is 0 Å². The number of hydrogen-bond donors (Lipinski definition) is 0. The predicted octanol–water partition coefficient (Wildman–Crippen LogP) is 4.78. The van der Waals surface area contributed by atoms with Crippen LogP contribution < -0.4 is 0 Å². The molecule has 0 saturated heterocycles. The molecule has 3 aliphatic rings. The molecule has 0 fully saturated rings. The zero-order valence-electron chi connectivity index (χ0n) is 14.7. The van der Waals surface area contributed by atoms with Gasteiger partial charge < -0.3 is 4.74 Å². The summed E-state index contributed by atoms with van der Waals surface area (Å²) in [6, 6.07) is 26.3. The first-order chi connectivity index (χ1) is 12.7. The molecule has 0 spiro atoms. The zero-order valence-corrected chi connectivity index (χ0v) is 14.7. The molecule has 128 valence electrons. The average Bonchev–Trinajstić information content (AvgIpc) is 2.68. The fourth-order valence-electron chi connectivity index (χ4n) is 5.10. The maximum Gasteiger partial charge on any atom is 0.302 e. The van der Waals surface area contributed by atoms with Gasteiger partial charge in [0, 0.05) is 18.3 Å². The van der Waals surface area contributed by atoms with E-state index in [1.807, 2.05) is 0 Å². The van der Waals surface area contributed by atoms with E-state index in [4.69, 9.17) is 4.74 Å². The third-order valence-corrected chi connectivity index (χ3v) is 5.98. The van der Waals surface area contributed by atoms with E-state index in [0.29, 0.717) is 6.61 Å². The molecule has 26 heavy (non-hydrogen) atoms. The van der Waals surface area contributed by atoms with Crippen LogP contribution in [0.2, 0.25) is 0 Å². The van der Waals surface area contributed by atoms with Crippen LogP contribution in [0.25, 0.3) is 0 Å². The Morgan fingerprint density at radius 2 is 1.23 bits per heavy atom. The highest BCUT2D eigenvalue weighted by atomic mass is 16.5. The first-order valence-electron chi connectivity index (χ1n) is 9.15. The summed E-state index contributed by atoms with van der Waals surface area (Å²) in [5.74, 6) is 0.0648. The standard InChI is InChI=1S/C24H20O2/c1-16(25)26-15-14-24-20-11-5-2-8-17(20)23(18-9-3-6-12-21(18)24)19-10-4-7-13-22(19)24/h2-13,23H,14-15H2,1H3. The van der Waals surface area contributed by atoms with Crippen molar-refractivity contribution >= 4 is 5.97 Å². The second kappa shape index (κ2) is 5.57. The van der Waals surface area contributed by atoms with E-state index in [1.165, 1.54) is 40.3 Å². The van der Waals surface area contributed by atoms with Gasteiger partial charge in [0.05, 0.1) is 6.61 Å². The molecule has 6 rings (SSSR count). The summed E-state index contributed by atoms with van der Waals surface area (Å²) >= 11 is 0. The Bertz CT molecular complexity index is 902. The summed E-state index contributed by atoms with van der Waals surface area (Å²) < 4.78 is 5.39. The van der Waals surface area contributed by atoms with Gasteiger partial charge >= 0.3 is 5.97 Å². The second-order valence-corrected chi connectivity index (χ2v) is 7.19. The lowest BCUT2D eigenvalue weighted by molar-refractivity contribution is -0.141. The normalized spacial score (nSPS) is 21.5. The van der Waals surface area contributed by atoms with E-state index in [0.717, 1.165) is 6.42 Å². The minimum atomic E-state index is -0.256. The smallest absolute Gasteiger partial charge is 0.302 e. The van der Waals surface area contributed by atoms with Crippen LogP contribution in [-0.4, -0.2) is 12.6 Å². The first-order valence-corrected chi connectivity index (χ1v) is 9.15. The van der Waals surface area contributed by atoms with Crippen LogP contribution >= 0.6 is 0 Å². The van der Waals surface area contributed by atoms with Crippen LogP contribution in [-0.2, 0) is 14.9 Å². The maximum atomic E-state index is 11.4. The minimum Gasteiger partial charge on any atom is -0.466 e. The number of rotatable bonds is 3. The number of hydrogen-bond acceptors (Lipinski definition) is 2. The topological polar surface area (TPSA) is 26.3 Å². The van der Waals surface area contributed by atoms with Crippen LogP contribution in [0.15, 0.2) is 72.8 Å². The van der Waals surface area contributed by atoms with Gasteiger partial charge in [-0.3, -0.25) is 4.79 Å². The predicted molar refractivity (Wildman–Crippen MR) is 101 cm³/mol. The summed E-state index contributed by atoms with van der Waals surface area (Å²) in [6.07, 6.45) is 0.754. The first kappa shape index (κ1) is 15.4. The van der Waals surface area contributed by atoms with Crippen LogP contribution in [0.4, 0.5) is 0 Å². The van der Waals surface area contributed by atoms with Crippen molar-refractivity contribution in [2.75, 3.05) is 6.61 Å². The van der Waals surface area contributed by atoms with E-state index in [1.54, 1.807) is 0 Å². The van der Waals surface area contributed by atoms with Crippen molar-refractivity contribution in [3.05, 3.63) is 106 Å². The molecule has 3 aromatic rings. The Hall–Kier alpha value is -2.87. The molecular weight excluding hydrogens is 320 g/mol. The Kier molecular flexibility index (Phi) is 3.30. The van der Waals surface area contributed by atoms with Crippen molar-refractivity contribution in [3.8, 4) is 0 Å². The quantitative estimate of drug-likeness (QED) is 0.641. The maximum absolute atomic E-state index is 11.4. The van der Waals surface area contributed by atoms with Crippen molar-refractivity contribution in [3.63, 3.8) is 0 Å². The van der Waals surface area contributed by atoms with Gasteiger partial charge in [-0.25, -0.2) is 0 Å². The number of benzene rings is 3. The molecule has 3 aliphatic carbocycles. The molecule has 0 aliphatic heterocycles. The summed E-state index contributed by atoms with van der Waals surface area (Å²) in [5, 5.41) is 0. The lowest BCUT2D eigenvalue weighted by Crippen LogP contribution is -2.43. The van der Waals surface area contributed by atoms with Gasteiger partial charge in [-0.15, -0.1) is 0 Å². The van der Waals surface area contributed by atoms with E-state index in [9.17, 15) is 4.79 Å². The molecule has 0 aromatic heterocycles. The minimum absolute atomic E-state index is 0.222. The number of ether oxygens (including phenoxy) is 1. The summed E-state index contributed by atoms with van der Waals surface area (Å²) in [4.78, 5) is 11.4. The summed E-state index contributed by atoms with van der Waals surface area (Å²) in [6.45, 7) is 1.89. The highest BCUT2D eigenvalue weighted by molar-refractivity contribution is 5.72. The van der Waals surface area contributed by atoms with Gasteiger partial charge in [0.1, 0.15) is 0 Å². The van der Waals surface area contributed by atoms with Gasteiger partial charge in [0.2, 0.25) is 0 Å². The van der Waals surface area contributed by atoms with Gasteiger partial charge in [0.25, 0.3) is 0 Å². The van der Waals surface area contributed by atoms with Crippen molar-refractivity contribution < 1.29 is 9.53 Å². The Labute approximate surface area is 153 Å². The fraction of sp³-hybridized carbons (Fsp3) is 0.208. The van der Waals surface area contributed by atoms with Gasteiger partial charge in [0.15, 0.2) is 0 Å². The zero-order chi connectivity index (χ0) is 17.7. The molecule has 0 saturated carbocycles. The number of carbonyl (C=O) groups is 1. The van der Waals surface area contributed by atoms with Gasteiger partial charge in [-0.2, -0.15) is 0 Å². The molecule has 2 heteroatoms. The van der Waals surface area contributed by atoms with Crippen LogP contribution in [0.1, 0.15) is 52.6 Å². The van der Waals surface area contributed by atoms with E-state index < -0.39 is 0 Å². The SMILES string of the molecule is CC(=O)OCCC12c3ccccc3C(c3ccccc31)c1ccccc12. The molecule has 3 aromatic carbocycles. The Morgan fingerprint density at radius 1 is 0.808 bits per heavy atom. The van der Waals surface area contributed by atoms with Crippen LogP contribution in [0.5, 0.6) is 0 Å². The van der Waals surface area contributed by atoms with E-state index in [-0.39, 0.29) is 17.3 Å². The molecule has 2 nitrogen and oxygen atoms in total. The van der Waals surface area contributed by atoms with Crippen molar-refractivity contribution in [2.45, 2.75) is 24.7 Å². The average molecular weight is 340 g/mol. The molecule has 0 N–H and O–H groups in total. The molecule has 2 bridgehead atoms. The lowest BCUT2D eigenvalue weighted by Gasteiger charge is -2.50. The molecule has 0 heterocycles. The number of carbonyl (C=O) groups excluding carboxylic acids is 1. The summed E-state index contributed by atoms with van der Waals surface area (Å²) in [5.41, 5.74) is 7.96. The Morgan fingerprint density at radius 3 is 1.65 bits per heavy atom.